The smallest absolute Gasteiger partial charge is 0.252 e. The molecule has 5 heteroatoms. The molecule has 1 aliphatic heterocycles. The molecule has 134 valence electrons. The lowest BCUT2D eigenvalue weighted by atomic mass is 9.93. The molecule has 0 radical (unpaired) electrons. The van der Waals surface area contributed by atoms with Gasteiger partial charge in [0.05, 0.1) is 0 Å². The minimum absolute atomic E-state index is 0.0359. The molecule has 0 saturated carbocycles. The van der Waals surface area contributed by atoms with E-state index in [1.54, 1.807) is 0 Å². The molecule has 1 fully saturated rings. The van der Waals surface area contributed by atoms with Gasteiger partial charge in [-0.1, -0.05) is 39.0 Å². The number of pyridine rings is 1. The summed E-state index contributed by atoms with van der Waals surface area (Å²) in [6, 6.07) is 10.1. The Hall–Kier alpha value is -2.14. The van der Waals surface area contributed by atoms with Crippen LogP contribution in [0, 0.1) is 11.8 Å². The van der Waals surface area contributed by atoms with Crippen LogP contribution in [0.4, 0.5) is 0 Å². The van der Waals surface area contributed by atoms with Gasteiger partial charge in [0.2, 0.25) is 5.91 Å². The third kappa shape index (κ3) is 3.93. The zero-order chi connectivity index (χ0) is 18.0. The Kier molecular flexibility index (Phi) is 5.23. The predicted molar refractivity (Wildman–Crippen MR) is 100 cm³/mol. The number of carbonyl (C=O) groups is 1. The lowest BCUT2D eigenvalue weighted by molar-refractivity contribution is -0.136. The molecule has 0 aliphatic carbocycles. The van der Waals surface area contributed by atoms with Gasteiger partial charge in [0.1, 0.15) is 0 Å². The second kappa shape index (κ2) is 7.40. The van der Waals surface area contributed by atoms with Gasteiger partial charge in [-0.25, -0.2) is 0 Å². The van der Waals surface area contributed by atoms with Gasteiger partial charge in [-0.2, -0.15) is 0 Å². The Morgan fingerprint density at radius 2 is 2.12 bits per heavy atom. The topological polar surface area (TPSA) is 65.2 Å². The highest BCUT2D eigenvalue weighted by atomic mass is 16.2. The van der Waals surface area contributed by atoms with Crippen molar-refractivity contribution in [2.45, 2.75) is 39.8 Å². The molecular formula is C20H27N3O2. The molecule has 1 amide bonds. The molecule has 1 aromatic heterocycles. The van der Waals surface area contributed by atoms with Crippen LogP contribution in [0.3, 0.4) is 0 Å². The quantitative estimate of drug-likeness (QED) is 0.898. The monoisotopic (exact) mass is 341 g/mol. The molecule has 2 N–H and O–H groups in total. The lowest BCUT2D eigenvalue weighted by Gasteiger charge is -2.38. The highest BCUT2D eigenvalue weighted by molar-refractivity contribution is 5.79. The number of benzene rings is 1. The Balaban J connectivity index is 1.64. The first-order chi connectivity index (χ1) is 12.0. The van der Waals surface area contributed by atoms with Gasteiger partial charge in [0.25, 0.3) is 5.56 Å². The van der Waals surface area contributed by atoms with E-state index >= 15 is 0 Å². The largest absolute Gasteiger partial charge is 0.342 e. The van der Waals surface area contributed by atoms with Crippen LogP contribution in [-0.4, -0.2) is 34.9 Å². The number of likely N-dealkylation sites (tertiary alicyclic amines) is 1. The standard InChI is InChI=1S/C20H27N3O2/c1-13(2)20(25)23-9-8-17(14(3)12-23)21-11-16-10-15-6-4-5-7-18(15)22-19(16)24/h4-7,10,13-14,17,21H,8-9,11-12H2,1-3H3,(H,22,24)/t14-,17+/m0/s1. The average molecular weight is 341 g/mol. The van der Waals surface area contributed by atoms with Crippen LogP contribution in [0.15, 0.2) is 35.1 Å². The summed E-state index contributed by atoms with van der Waals surface area (Å²) in [6.07, 6.45) is 0.922. The van der Waals surface area contributed by atoms with Crippen LogP contribution < -0.4 is 10.9 Å². The molecule has 0 unspecified atom stereocenters. The number of aromatic nitrogens is 1. The maximum atomic E-state index is 12.3. The third-order valence-corrected chi connectivity index (χ3v) is 5.10. The second-order valence-corrected chi connectivity index (χ2v) is 7.40. The summed E-state index contributed by atoms with van der Waals surface area (Å²) >= 11 is 0. The molecule has 2 aromatic rings. The molecule has 1 aliphatic rings. The minimum atomic E-state index is -0.0359. The number of rotatable bonds is 4. The van der Waals surface area contributed by atoms with Gasteiger partial charge in [-0.15, -0.1) is 0 Å². The first-order valence-corrected chi connectivity index (χ1v) is 9.09. The molecule has 1 aromatic carbocycles. The number of amides is 1. The van der Waals surface area contributed by atoms with Crippen LogP contribution in [0.5, 0.6) is 0 Å². The summed E-state index contributed by atoms with van der Waals surface area (Å²) < 4.78 is 0. The summed E-state index contributed by atoms with van der Waals surface area (Å²) in [4.78, 5) is 29.3. The van der Waals surface area contributed by atoms with Crippen molar-refractivity contribution in [2.24, 2.45) is 11.8 Å². The summed E-state index contributed by atoms with van der Waals surface area (Å²) in [5.74, 6) is 0.653. The molecule has 0 bridgehead atoms. The van der Waals surface area contributed by atoms with Gasteiger partial charge in [0, 0.05) is 42.7 Å². The van der Waals surface area contributed by atoms with E-state index in [1.165, 1.54) is 0 Å². The number of nitrogens with zero attached hydrogens (tertiary/aromatic N) is 1. The van der Waals surface area contributed by atoms with E-state index in [-0.39, 0.29) is 17.4 Å². The van der Waals surface area contributed by atoms with Crippen molar-refractivity contribution < 1.29 is 4.79 Å². The van der Waals surface area contributed by atoms with E-state index in [2.05, 4.69) is 17.2 Å². The molecule has 25 heavy (non-hydrogen) atoms. The second-order valence-electron chi connectivity index (χ2n) is 7.40. The van der Waals surface area contributed by atoms with Crippen molar-refractivity contribution in [3.05, 3.63) is 46.2 Å². The van der Waals surface area contributed by atoms with Crippen LogP contribution >= 0.6 is 0 Å². The highest BCUT2D eigenvalue weighted by Gasteiger charge is 2.29. The number of carbonyl (C=O) groups excluding carboxylic acids is 1. The fourth-order valence-corrected chi connectivity index (χ4v) is 3.58. The molecule has 2 atom stereocenters. The van der Waals surface area contributed by atoms with E-state index in [0.717, 1.165) is 36.0 Å². The predicted octanol–water partition coefficient (Wildman–Crippen LogP) is 2.51. The van der Waals surface area contributed by atoms with Crippen LogP contribution in [0.2, 0.25) is 0 Å². The number of hydrogen-bond donors (Lipinski definition) is 2. The Labute approximate surface area is 148 Å². The van der Waals surface area contributed by atoms with Crippen molar-refractivity contribution in [3.63, 3.8) is 0 Å². The number of piperidine rings is 1. The molecule has 3 rings (SSSR count). The van der Waals surface area contributed by atoms with Gasteiger partial charge in [0.15, 0.2) is 0 Å². The van der Waals surface area contributed by atoms with Crippen molar-refractivity contribution >= 4 is 16.8 Å². The Morgan fingerprint density at radius 1 is 1.36 bits per heavy atom. The summed E-state index contributed by atoms with van der Waals surface area (Å²) in [5.41, 5.74) is 1.59. The fraction of sp³-hybridized carbons (Fsp3) is 0.500. The van der Waals surface area contributed by atoms with Gasteiger partial charge < -0.3 is 15.2 Å². The Morgan fingerprint density at radius 3 is 2.84 bits per heavy atom. The van der Waals surface area contributed by atoms with E-state index in [9.17, 15) is 9.59 Å². The fourth-order valence-electron chi connectivity index (χ4n) is 3.58. The Bertz CT molecular complexity index is 812. The van der Waals surface area contributed by atoms with Crippen LogP contribution in [0.25, 0.3) is 10.9 Å². The number of aromatic amines is 1. The summed E-state index contributed by atoms with van der Waals surface area (Å²) in [5, 5.41) is 4.57. The summed E-state index contributed by atoms with van der Waals surface area (Å²) in [6.45, 7) is 8.18. The zero-order valence-electron chi connectivity index (χ0n) is 15.2. The molecule has 0 spiro atoms. The molecule has 1 saturated heterocycles. The number of fused-ring (bicyclic) bond motifs is 1. The number of hydrogen-bond acceptors (Lipinski definition) is 3. The number of H-pyrrole nitrogens is 1. The first-order valence-electron chi connectivity index (χ1n) is 9.09. The van der Waals surface area contributed by atoms with Crippen molar-refractivity contribution in [2.75, 3.05) is 13.1 Å². The van der Waals surface area contributed by atoms with Crippen molar-refractivity contribution in [3.8, 4) is 0 Å². The van der Waals surface area contributed by atoms with E-state index in [4.69, 9.17) is 0 Å². The number of para-hydroxylation sites is 1. The molecule has 2 heterocycles. The van der Waals surface area contributed by atoms with Crippen LogP contribution in [0.1, 0.15) is 32.8 Å². The lowest BCUT2D eigenvalue weighted by Crippen LogP contribution is -2.51. The van der Waals surface area contributed by atoms with Gasteiger partial charge in [-0.3, -0.25) is 9.59 Å². The van der Waals surface area contributed by atoms with E-state index in [0.29, 0.717) is 18.5 Å². The highest BCUT2D eigenvalue weighted by Crippen LogP contribution is 2.19. The van der Waals surface area contributed by atoms with E-state index < -0.39 is 0 Å². The third-order valence-electron chi connectivity index (χ3n) is 5.10. The summed E-state index contributed by atoms with van der Waals surface area (Å²) in [7, 11) is 0. The van der Waals surface area contributed by atoms with E-state index in [1.807, 2.05) is 49.1 Å². The maximum Gasteiger partial charge on any atom is 0.252 e. The number of nitrogens with one attached hydrogen (secondary N) is 2. The maximum absolute atomic E-state index is 12.3. The molecule has 5 nitrogen and oxygen atoms in total. The van der Waals surface area contributed by atoms with Crippen molar-refractivity contribution in [1.29, 1.82) is 0 Å². The normalized spacial score (nSPS) is 21.0. The van der Waals surface area contributed by atoms with Crippen LogP contribution in [-0.2, 0) is 11.3 Å². The minimum Gasteiger partial charge on any atom is -0.342 e. The SMILES string of the molecule is CC(C)C(=O)N1CC[C@@H](NCc2cc3ccccc3[nH]c2=O)[C@@H](C)C1. The zero-order valence-corrected chi connectivity index (χ0v) is 15.2. The van der Waals surface area contributed by atoms with Gasteiger partial charge in [-0.05, 0) is 29.9 Å². The van der Waals surface area contributed by atoms with Crippen molar-refractivity contribution in [1.82, 2.24) is 15.2 Å². The van der Waals surface area contributed by atoms with Gasteiger partial charge >= 0.3 is 0 Å². The first kappa shape index (κ1) is 17.7. The molecular weight excluding hydrogens is 314 g/mol. The average Bonchev–Trinajstić information content (AvgIpc) is 2.60.